The monoisotopic (exact) mass is 478 g/mol. The minimum atomic E-state index is -1.81. The summed E-state index contributed by atoms with van der Waals surface area (Å²) in [5, 5.41) is 20.5. The van der Waals surface area contributed by atoms with Gasteiger partial charge in [0, 0.05) is 24.9 Å². The number of carbonyl (C=O) groups is 2. The molecule has 7 nitrogen and oxygen atoms in total. The van der Waals surface area contributed by atoms with Gasteiger partial charge in [-0.15, -0.1) is 0 Å². The average molecular weight is 479 g/mol. The lowest BCUT2D eigenvalue weighted by atomic mass is 9.72. The zero-order valence-corrected chi connectivity index (χ0v) is 20.8. The molecule has 1 amide bonds. The maximum Gasteiger partial charge on any atom is 0.338 e. The van der Waals surface area contributed by atoms with Gasteiger partial charge >= 0.3 is 5.97 Å². The summed E-state index contributed by atoms with van der Waals surface area (Å²) >= 11 is 0. The van der Waals surface area contributed by atoms with Crippen LogP contribution in [-0.2, 0) is 14.3 Å². The van der Waals surface area contributed by atoms with E-state index in [1.807, 2.05) is 0 Å². The first-order chi connectivity index (χ1) is 16.4. The number of rotatable bonds is 8. The van der Waals surface area contributed by atoms with Crippen molar-refractivity contribution in [1.82, 2.24) is 4.90 Å². The van der Waals surface area contributed by atoms with Gasteiger partial charge in [-0.3, -0.25) is 4.79 Å². The Bertz CT molecular complexity index is 689. The van der Waals surface area contributed by atoms with Gasteiger partial charge < -0.3 is 25.6 Å². The number of aliphatic carboxylic acids is 1. The molecule has 7 heteroatoms. The molecule has 3 aliphatic carbocycles. The van der Waals surface area contributed by atoms with E-state index in [2.05, 4.69) is 4.90 Å². The van der Waals surface area contributed by atoms with Crippen molar-refractivity contribution in [2.75, 3.05) is 26.2 Å². The van der Waals surface area contributed by atoms with Crippen LogP contribution in [0.3, 0.4) is 0 Å². The van der Waals surface area contributed by atoms with E-state index in [0.717, 1.165) is 89.3 Å². The Labute approximate surface area is 204 Å². The smallest absolute Gasteiger partial charge is 0.338 e. The number of carboxylic acid groups (broad SMARTS) is 1. The number of amides is 1. The second kappa shape index (κ2) is 11.7. The standard InChI is InChI=1S/C27H46N2O5/c28-17-19-5-3-6-21(15-19)20-11-13-29(14-12-20)25(30)22-7-4-10-24(16-22)34-18-27(33,26(31)32)23-8-1-2-9-23/h19-24,33H,1-18,28H2,(H,31,32). The Hall–Kier alpha value is -1.18. The van der Waals surface area contributed by atoms with E-state index in [4.69, 9.17) is 10.5 Å². The Balaban J connectivity index is 1.24. The fourth-order valence-electron chi connectivity index (χ4n) is 7.35. The molecule has 4 aliphatic rings. The summed E-state index contributed by atoms with van der Waals surface area (Å²) in [6.07, 6.45) is 13.9. The molecule has 194 valence electrons. The van der Waals surface area contributed by atoms with Gasteiger partial charge in [0.15, 0.2) is 5.60 Å². The minimum absolute atomic E-state index is 0.0454. The topological polar surface area (TPSA) is 113 Å². The highest BCUT2D eigenvalue weighted by molar-refractivity contribution is 5.79. The molecule has 4 N–H and O–H groups in total. The summed E-state index contributed by atoms with van der Waals surface area (Å²) < 4.78 is 5.99. The van der Waals surface area contributed by atoms with Gasteiger partial charge in [-0.2, -0.15) is 0 Å². The van der Waals surface area contributed by atoms with Crippen LogP contribution in [0.15, 0.2) is 0 Å². The highest BCUT2D eigenvalue weighted by Crippen LogP contribution is 2.39. The number of nitrogens with two attached hydrogens (primary N) is 1. The number of carbonyl (C=O) groups excluding carboxylic acids is 1. The van der Waals surface area contributed by atoms with E-state index in [-0.39, 0.29) is 30.5 Å². The van der Waals surface area contributed by atoms with Gasteiger partial charge in [0.05, 0.1) is 12.7 Å². The normalized spacial score (nSPS) is 33.5. The Kier molecular flexibility index (Phi) is 8.91. The lowest BCUT2D eigenvalue weighted by Gasteiger charge is -2.41. The van der Waals surface area contributed by atoms with Crippen LogP contribution in [0.5, 0.6) is 0 Å². The lowest BCUT2D eigenvalue weighted by molar-refractivity contribution is -0.178. The predicted octanol–water partition coefficient (Wildman–Crippen LogP) is 3.57. The Morgan fingerprint density at radius 1 is 0.882 bits per heavy atom. The molecule has 0 radical (unpaired) electrons. The fourth-order valence-corrected chi connectivity index (χ4v) is 7.35. The van der Waals surface area contributed by atoms with Gasteiger partial charge in [-0.25, -0.2) is 4.79 Å². The van der Waals surface area contributed by atoms with E-state index in [0.29, 0.717) is 12.3 Å². The van der Waals surface area contributed by atoms with Crippen LogP contribution in [0.4, 0.5) is 0 Å². The summed E-state index contributed by atoms with van der Waals surface area (Å²) in [5.41, 5.74) is 4.13. The summed E-state index contributed by atoms with van der Waals surface area (Å²) in [6.45, 7) is 2.35. The molecule has 0 aromatic rings. The largest absolute Gasteiger partial charge is 0.479 e. The van der Waals surface area contributed by atoms with Crippen LogP contribution in [-0.4, -0.2) is 64.9 Å². The molecule has 0 bridgehead atoms. The summed E-state index contributed by atoms with van der Waals surface area (Å²) in [6, 6.07) is 0. The highest BCUT2D eigenvalue weighted by Gasteiger charge is 2.46. The molecule has 0 aromatic carbocycles. The van der Waals surface area contributed by atoms with Gasteiger partial charge in [0.1, 0.15) is 0 Å². The molecule has 5 unspecified atom stereocenters. The molecule has 34 heavy (non-hydrogen) atoms. The molecule has 1 heterocycles. The van der Waals surface area contributed by atoms with E-state index < -0.39 is 11.6 Å². The van der Waals surface area contributed by atoms with Crippen molar-refractivity contribution in [3.8, 4) is 0 Å². The first-order valence-electron chi connectivity index (χ1n) is 14.0. The van der Waals surface area contributed by atoms with Crippen molar-refractivity contribution >= 4 is 11.9 Å². The van der Waals surface area contributed by atoms with Crippen molar-refractivity contribution in [2.24, 2.45) is 35.3 Å². The number of hydrogen-bond acceptors (Lipinski definition) is 5. The average Bonchev–Trinajstić information content (AvgIpc) is 3.43. The van der Waals surface area contributed by atoms with Crippen LogP contribution in [0.2, 0.25) is 0 Å². The zero-order valence-electron chi connectivity index (χ0n) is 20.8. The number of aliphatic hydroxyl groups is 1. The number of carboxylic acids is 1. The molecule has 1 saturated heterocycles. The van der Waals surface area contributed by atoms with Crippen LogP contribution in [0.25, 0.3) is 0 Å². The molecule has 4 rings (SSSR count). The number of ether oxygens (including phenoxy) is 1. The number of nitrogens with zero attached hydrogens (tertiary/aromatic N) is 1. The van der Waals surface area contributed by atoms with E-state index in [9.17, 15) is 19.8 Å². The van der Waals surface area contributed by atoms with Crippen molar-refractivity contribution in [3.05, 3.63) is 0 Å². The first-order valence-corrected chi connectivity index (χ1v) is 14.0. The second-order valence-electron chi connectivity index (χ2n) is 11.7. The highest BCUT2D eigenvalue weighted by atomic mass is 16.5. The molecular formula is C27H46N2O5. The summed E-state index contributed by atoms with van der Waals surface area (Å²) in [4.78, 5) is 27.2. The summed E-state index contributed by atoms with van der Waals surface area (Å²) in [5.74, 6) is 0.976. The van der Waals surface area contributed by atoms with Crippen LogP contribution < -0.4 is 5.73 Å². The zero-order chi connectivity index (χ0) is 24.1. The Morgan fingerprint density at radius 3 is 2.26 bits per heavy atom. The van der Waals surface area contributed by atoms with Crippen molar-refractivity contribution in [1.29, 1.82) is 0 Å². The maximum absolute atomic E-state index is 13.3. The van der Waals surface area contributed by atoms with Gasteiger partial charge in [-0.05, 0) is 82.1 Å². The van der Waals surface area contributed by atoms with Crippen molar-refractivity contribution < 1.29 is 24.5 Å². The molecule has 4 fully saturated rings. The van der Waals surface area contributed by atoms with E-state index in [1.165, 1.54) is 25.7 Å². The first kappa shape index (κ1) is 25.9. The Morgan fingerprint density at radius 2 is 1.59 bits per heavy atom. The summed E-state index contributed by atoms with van der Waals surface area (Å²) in [7, 11) is 0. The molecule has 0 spiro atoms. The third kappa shape index (κ3) is 5.96. The van der Waals surface area contributed by atoms with Gasteiger partial charge in [0.25, 0.3) is 0 Å². The second-order valence-corrected chi connectivity index (χ2v) is 11.7. The van der Waals surface area contributed by atoms with Crippen LogP contribution in [0.1, 0.15) is 89.9 Å². The molecular weight excluding hydrogens is 432 g/mol. The lowest BCUT2D eigenvalue weighted by Crippen LogP contribution is -2.50. The fraction of sp³-hybridized carbons (Fsp3) is 0.926. The minimum Gasteiger partial charge on any atom is -0.479 e. The quantitative estimate of drug-likeness (QED) is 0.492. The van der Waals surface area contributed by atoms with Crippen LogP contribution >= 0.6 is 0 Å². The molecule has 3 saturated carbocycles. The predicted molar refractivity (Wildman–Crippen MR) is 130 cm³/mol. The maximum atomic E-state index is 13.3. The third-order valence-corrected chi connectivity index (χ3v) is 9.59. The van der Waals surface area contributed by atoms with E-state index >= 15 is 0 Å². The third-order valence-electron chi connectivity index (χ3n) is 9.59. The van der Waals surface area contributed by atoms with Crippen molar-refractivity contribution in [2.45, 2.75) is 102 Å². The van der Waals surface area contributed by atoms with E-state index in [1.54, 1.807) is 0 Å². The van der Waals surface area contributed by atoms with Crippen molar-refractivity contribution in [3.63, 3.8) is 0 Å². The number of piperidine rings is 1. The van der Waals surface area contributed by atoms with Gasteiger partial charge in [-0.1, -0.05) is 32.1 Å². The van der Waals surface area contributed by atoms with Crippen LogP contribution in [0, 0.1) is 29.6 Å². The number of hydrogen-bond donors (Lipinski definition) is 3. The SMILES string of the molecule is NCC1CCCC(C2CCN(C(=O)C3CCCC(OCC(O)(C(=O)O)C4CCCC4)C3)CC2)C1. The van der Waals surface area contributed by atoms with Gasteiger partial charge in [0.2, 0.25) is 5.91 Å². The number of likely N-dealkylation sites (tertiary alicyclic amines) is 1. The molecule has 5 atom stereocenters. The molecule has 0 aromatic heterocycles. The molecule has 1 aliphatic heterocycles.